The SMILES string of the molecule is CNCc1ccc(Cc2nccs2)c(Cl)c1. The molecule has 0 spiro atoms. The van der Waals surface area contributed by atoms with E-state index in [9.17, 15) is 0 Å². The molecule has 0 bridgehead atoms. The fourth-order valence-electron chi connectivity index (χ4n) is 1.55. The second-order valence-electron chi connectivity index (χ2n) is 3.56. The first-order valence-corrected chi connectivity index (χ1v) is 6.35. The van der Waals surface area contributed by atoms with Gasteiger partial charge in [-0.1, -0.05) is 23.7 Å². The van der Waals surface area contributed by atoms with Gasteiger partial charge in [-0.05, 0) is 24.2 Å². The van der Waals surface area contributed by atoms with Crippen LogP contribution in [0.25, 0.3) is 0 Å². The van der Waals surface area contributed by atoms with Gasteiger partial charge < -0.3 is 5.32 Å². The third-order valence-corrected chi connectivity index (χ3v) is 3.45. The maximum Gasteiger partial charge on any atom is 0.0969 e. The minimum Gasteiger partial charge on any atom is -0.316 e. The van der Waals surface area contributed by atoms with E-state index in [1.165, 1.54) is 5.56 Å². The predicted molar refractivity (Wildman–Crippen MR) is 69.1 cm³/mol. The Bertz CT molecular complexity index is 454. The zero-order chi connectivity index (χ0) is 11.4. The van der Waals surface area contributed by atoms with Crippen LogP contribution < -0.4 is 5.32 Å². The van der Waals surface area contributed by atoms with E-state index in [1.54, 1.807) is 11.3 Å². The van der Waals surface area contributed by atoms with E-state index in [1.807, 2.05) is 24.7 Å². The van der Waals surface area contributed by atoms with Gasteiger partial charge in [-0.25, -0.2) is 4.98 Å². The van der Waals surface area contributed by atoms with E-state index in [0.29, 0.717) is 0 Å². The van der Waals surface area contributed by atoms with Crippen LogP contribution in [0.15, 0.2) is 29.8 Å². The first-order valence-electron chi connectivity index (χ1n) is 5.10. The topological polar surface area (TPSA) is 24.9 Å². The van der Waals surface area contributed by atoms with Gasteiger partial charge in [0.05, 0.1) is 5.01 Å². The first kappa shape index (κ1) is 11.6. The summed E-state index contributed by atoms with van der Waals surface area (Å²) in [5.74, 6) is 0. The minimum atomic E-state index is 0.816. The van der Waals surface area contributed by atoms with Crippen molar-refractivity contribution in [3.05, 3.63) is 50.9 Å². The first-order chi connectivity index (χ1) is 7.79. The van der Waals surface area contributed by atoms with Crippen LogP contribution in [0.5, 0.6) is 0 Å². The third-order valence-electron chi connectivity index (χ3n) is 2.32. The monoisotopic (exact) mass is 252 g/mol. The summed E-state index contributed by atoms with van der Waals surface area (Å²) < 4.78 is 0. The lowest BCUT2D eigenvalue weighted by Crippen LogP contribution is -2.05. The summed E-state index contributed by atoms with van der Waals surface area (Å²) in [5.41, 5.74) is 2.34. The molecule has 2 nitrogen and oxygen atoms in total. The molecule has 2 rings (SSSR count). The molecule has 0 aliphatic rings. The van der Waals surface area contributed by atoms with Gasteiger partial charge in [0, 0.05) is 29.6 Å². The number of halogens is 1. The van der Waals surface area contributed by atoms with Crippen LogP contribution in [0.3, 0.4) is 0 Å². The zero-order valence-electron chi connectivity index (χ0n) is 9.03. The fourth-order valence-corrected chi connectivity index (χ4v) is 2.46. The quantitative estimate of drug-likeness (QED) is 0.905. The van der Waals surface area contributed by atoms with E-state index in [-0.39, 0.29) is 0 Å². The fraction of sp³-hybridized carbons (Fsp3) is 0.250. The minimum absolute atomic E-state index is 0.816. The third kappa shape index (κ3) is 2.82. The summed E-state index contributed by atoms with van der Waals surface area (Å²) in [7, 11) is 1.93. The molecule has 0 unspecified atom stereocenters. The van der Waals surface area contributed by atoms with Crippen molar-refractivity contribution in [2.45, 2.75) is 13.0 Å². The van der Waals surface area contributed by atoms with E-state index in [0.717, 1.165) is 28.6 Å². The number of rotatable bonds is 4. The van der Waals surface area contributed by atoms with Crippen molar-refractivity contribution in [1.29, 1.82) is 0 Å². The van der Waals surface area contributed by atoms with Crippen molar-refractivity contribution in [3.8, 4) is 0 Å². The second kappa shape index (κ2) is 5.43. The summed E-state index contributed by atoms with van der Waals surface area (Å²) in [6.07, 6.45) is 2.64. The molecule has 1 N–H and O–H groups in total. The van der Waals surface area contributed by atoms with Crippen LogP contribution in [-0.4, -0.2) is 12.0 Å². The lowest BCUT2D eigenvalue weighted by molar-refractivity contribution is 0.817. The molecule has 0 aliphatic carbocycles. The van der Waals surface area contributed by atoms with Gasteiger partial charge in [-0.3, -0.25) is 0 Å². The number of hydrogen-bond donors (Lipinski definition) is 1. The highest BCUT2D eigenvalue weighted by atomic mass is 35.5. The average molecular weight is 253 g/mol. The van der Waals surface area contributed by atoms with Crippen LogP contribution in [0.2, 0.25) is 5.02 Å². The van der Waals surface area contributed by atoms with Gasteiger partial charge in [0.25, 0.3) is 0 Å². The average Bonchev–Trinajstić information content (AvgIpc) is 2.75. The number of benzene rings is 1. The summed E-state index contributed by atoms with van der Waals surface area (Å²) >= 11 is 7.89. The van der Waals surface area contributed by atoms with Crippen molar-refractivity contribution in [3.63, 3.8) is 0 Å². The molecule has 1 aromatic carbocycles. The largest absolute Gasteiger partial charge is 0.316 e. The Kier molecular flexibility index (Phi) is 3.93. The van der Waals surface area contributed by atoms with Crippen molar-refractivity contribution in [2.24, 2.45) is 0 Å². The molecular weight excluding hydrogens is 240 g/mol. The number of aromatic nitrogens is 1. The molecule has 0 amide bonds. The maximum atomic E-state index is 6.23. The number of thiazole rings is 1. The molecule has 0 saturated carbocycles. The Balaban J connectivity index is 2.16. The highest BCUT2D eigenvalue weighted by Gasteiger charge is 2.04. The molecule has 0 fully saturated rings. The van der Waals surface area contributed by atoms with Crippen molar-refractivity contribution < 1.29 is 0 Å². The molecule has 1 aromatic heterocycles. The summed E-state index contributed by atoms with van der Waals surface area (Å²) in [6, 6.07) is 6.20. The van der Waals surface area contributed by atoms with Gasteiger partial charge in [0.1, 0.15) is 0 Å². The maximum absolute atomic E-state index is 6.23. The van der Waals surface area contributed by atoms with Crippen LogP contribution >= 0.6 is 22.9 Å². The van der Waals surface area contributed by atoms with Crippen LogP contribution in [0.4, 0.5) is 0 Å². The summed E-state index contributed by atoms with van der Waals surface area (Å²) in [6.45, 7) is 0.844. The molecule has 0 radical (unpaired) electrons. The molecule has 4 heteroatoms. The Morgan fingerprint density at radius 1 is 1.44 bits per heavy atom. The molecule has 16 heavy (non-hydrogen) atoms. The molecule has 0 aliphatic heterocycles. The predicted octanol–water partition coefficient (Wildman–Crippen LogP) is 3.11. The Morgan fingerprint density at radius 3 is 2.94 bits per heavy atom. The Hall–Kier alpha value is -0.900. The smallest absolute Gasteiger partial charge is 0.0969 e. The highest BCUT2D eigenvalue weighted by molar-refractivity contribution is 7.09. The van der Waals surface area contributed by atoms with Gasteiger partial charge in [-0.15, -0.1) is 11.3 Å². The lowest BCUT2D eigenvalue weighted by atomic mass is 10.1. The molecule has 2 aromatic rings. The Labute approximate surface area is 104 Å². The van der Waals surface area contributed by atoms with E-state index in [2.05, 4.69) is 22.4 Å². The van der Waals surface area contributed by atoms with E-state index < -0.39 is 0 Å². The number of hydrogen-bond acceptors (Lipinski definition) is 3. The highest BCUT2D eigenvalue weighted by Crippen LogP contribution is 2.21. The molecule has 0 atom stereocenters. The standard InChI is InChI=1S/C12H13ClN2S/c1-14-8-9-2-3-10(11(13)6-9)7-12-15-4-5-16-12/h2-6,14H,7-8H2,1H3. The van der Waals surface area contributed by atoms with Crippen LogP contribution in [0, 0.1) is 0 Å². The molecular formula is C12H13ClN2S. The van der Waals surface area contributed by atoms with E-state index >= 15 is 0 Å². The van der Waals surface area contributed by atoms with Gasteiger partial charge >= 0.3 is 0 Å². The normalized spacial score (nSPS) is 10.6. The van der Waals surface area contributed by atoms with Crippen LogP contribution in [-0.2, 0) is 13.0 Å². The van der Waals surface area contributed by atoms with Gasteiger partial charge in [-0.2, -0.15) is 0 Å². The van der Waals surface area contributed by atoms with Crippen molar-refractivity contribution >= 4 is 22.9 Å². The number of nitrogens with zero attached hydrogens (tertiary/aromatic N) is 1. The van der Waals surface area contributed by atoms with Crippen LogP contribution in [0.1, 0.15) is 16.1 Å². The van der Waals surface area contributed by atoms with E-state index in [4.69, 9.17) is 11.6 Å². The Morgan fingerprint density at radius 2 is 2.31 bits per heavy atom. The molecule has 1 heterocycles. The van der Waals surface area contributed by atoms with Crippen molar-refractivity contribution in [1.82, 2.24) is 10.3 Å². The second-order valence-corrected chi connectivity index (χ2v) is 4.95. The lowest BCUT2D eigenvalue weighted by Gasteiger charge is -2.05. The number of nitrogens with one attached hydrogen (secondary N) is 1. The summed E-state index contributed by atoms with van der Waals surface area (Å²) in [5, 5.41) is 7.01. The zero-order valence-corrected chi connectivity index (χ0v) is 10.6. The van der Waals surface area contributed by atoms with Gasteiger partial charge in [0.2, 0.25) is 0 Å². The van der Waals surface area contributed by atoms with Gasteiger partial charge in [0.15, 0.2) is 0 Å². The summed E-state index contributed by atoms with van der Waals surface area (Å²) in [4.78, 5) is 4.26. The van der Waals surface area contributed by atoms with Crippen molar-refractivity contribution in [2.75, 3.05) is 7.05 Å². The molecule has 84 valence electrons. The molecule has 0 saturated heterocycles.